The summed E-state index contributed by atoms with van der Waals surface area (Å²) in [5.41, 5.74) is 2.72. The highest BCUT2D eigenvalue weighted by Crippen LogP contribution is 2.31. The van der Waals surface area contributed by atoms with Gasteiger partial charge in [0.1, 0.15) is 24.3 Å². The molecule has 3 N–H and O–H groups in total. The molecule has 0 spiro atoms. The zero-order chi connectivity index (χ0) is 21.3. The van der Waals surface area contributed by atoms with Gasteiger partial charge in [-0.2, -0.15) is 5.26 Å². The molecule has 2 aromatic rings. The third-order valence-corrected chi connectivity index (χ3v) is 5.74. The first-order valence-corrected chi connectivity index (χ1v) is 10.4. The fraction of sp³-hybridized carbons (Fsp3) is 0.350. The van der Waals surface area contributed by atoms with E-state index in [1.807, 2.05) is 19.2 Å². The van der Waals surface area contributed by atoms with Gasteiger partial charge in [0.25, 0.3) is 0 Å². The molecule has 10 heteroatoms. The van der Waals surface area contributed by atoms with Gasteiger partial charge in [-0.1, -0.05) is 11.3 Å². The number of nitrogens with one attached hydrogen (secondary N) is 3. The number of anilines is 3. The van der Waals surface area contributed by atoms with Crippen molar-refractivity contribution in [2.45, 2.75) is 6.92 Å². The van der Waals surface area contributed by atoms with Crippen molar-refractivity contribution in [3.05, 3.63) is 34.5 Å². The molecule has 2 aromatic heterocycles. The molecule has 0 bridgehead atoms. The number of nitrogens with zero attached hydrogens (tertiary/aromatic N) is 6. The summed E-state index contributed by atoms with van der Waals surface area (Å²) in [6.07, 6.45) is 3.37. The first-order valence-electron chi connectivity index (χ1n) is 9.58. The van der Waals surface area contributed by atoms with Crippen LogP contribution in [0.1, 0.15) is 10.6 Å². The third-order valence-electron chi connectivity index (χ3n) is 4.56. The molecule has 0 amide bonds. The van der Waals surface area contributed by atoms with Gasteiger partial charge in [-0.15, -0.1) is 0 Å². The number of rotatable bonds is 8. The van der Waals surface area contributed by atoms with Crippen LogP contribution in [0.3, 0.4) is 0 Å². The summed E-state index contributed by atoms with van der Waals surface area (Å²) in [4.78, 5) is 20.3. The fourth-order valence-electron chi connectivity index (χ4n) is 3.01. The minimum absolute atomic E-state index is 0.291. The number of piperazine rings is 1. The SMILES string of the molecule is C=N/C(=C(/C#N)C=NCNc1ccc(N2CCNCC2)cn1)c1sc(NC)nc1C. The Kier molecular flexibility index (Phi) is 7.48. The smallest absolute Gasteiger partial charge is 0.183 e. The van der Waals surface area contributed by atoms with Crippen LogP contribution in [0.25, 0.3) is 5.70 Å². The fourth-order valence-corrected chi connectivity index (χ4v) is 3.95. The number of aryl methyl sites for hydroxylation is 1. The molecular weight excluding hydrogens is 398 g/mol. The number of aliphatic imine (C=N–C) groups is 2. The van der Waals surface area contributed by atoms with Crippen molar-refractivity contribution in [1.29, 1.82) is 5.26 Å². The Morgan fingerprint density at radius 2 is 2.23 bits per heavy atom. The quantitative estimate of drug-likeness (QED) is 0.441. The lowest BCUT2D eigenvalue weighted by atomic mass is 10.2. The molecule has 0 radical (unpaired) electrons. The summed E-state index contributed by atoms with van der Waals surface area (Å²) in [6.45, 7) is 9.72. The van der Waals surface area contributed by atoms with Crippen molar-refractivity contribution in [3.63, 3.8) is 0 Å². The number of nitriles is 1. The first kappa shape index (κ1) is 21.4. The zero-order valence-electron chi connectivity index (χ0n) is 17.1. The van der Waals surface area contributed by atoms with Crippen molar-refractivity contribution in [3.8, 4) is 6.07 Å². The van der Waals surface area contributed by atoms with Crippen molar-refractivity contribution < 1.29 is 0 Å². The molecule has 3 heterocycles. The molecule has 1 fully saturated rings. The van der Waals surface area contributed by atoms with Crippen molar-refractivity contribution >= 4 is 46.6 Å². The van der Waals surface area contributed by atoms with Crippen LogP contribution in [0, 0.1) is 18.3 Å². The Morgan fingerprint density at radius 3 is 2.83 bits per heavy atom. The highest BCUT2D eigenvalue weighted by Gasteiger charge is 2.14. The molecule has 1 aliphatic heterocycles. The highest BCUT2D eigenvalue weighted by atomic mass is 32.1. The van der Waals surface area contributed by atoms with E-state index < -0.39 is 0 Å². The molecule has 1 saturated heterocycles. The molecule has 3 rings (SSSR count). The number of allylic oxidation sites excluding steroid dienone is 1. The molecule has 1 aliphatic rings. The van der Waals surface area contributed by atoms with Crippen molar-refractivity contribution in [2.75, 3.05) is 55.4 Å². The largest absolute Gasteiger partial charge is 0.368 e. The van der Waals surface area contributed by atoms with E-state index >= 15 is 0 Å². The van der Waals surface area contributed by atoms with Crippen LogP contribution < -0.4 is 20.9 Å². The minimum Gasteiger partial charge on any atom is -0.368 e. The molecular formula is C20H25N9S. The maximum atomic E-state index is 9.55. The van der Waals surface area contributed by atoms with Crippen molar-refractivity contribution in [2.24, 2.45) is 9.98 Å². The average Bonchev–Trinajstić information content (AvgIpc) is 3.17. The molecule has 156 valence electrons. The van der Waals surface area contributed by atoms with E-state index in [4.69, 9.17) is 0 Å². The molecule has 0 aliphatic carbocycles. The molecule has 9 nitrogen and oxygen atoms in total. The Hall–Kier alpha value is -3.29. The minimum atomic E-state index is 0.291. The van der Waals surface area contributed by atoms with E-state index in [9.17, 15) is 5.26 Å². The second-order valence-corrected chi connectivity index (χ2v) is 7.50. The lowest BCUT2D eigenvalue weighted by Crippen LogP contribution is -2.43. The van der Waals surface area contributed by atoms with Gasteiger partial charge < -0.3 is 20.9 Å². The van der Waals surface area contributed by atoms with Gasteiger partial charge >= 0.3 is 0 Å². The second kappa shape index (κ2) is 10.5. The van der Waals surface area contributed by atoms with Gasteiger partial charge in [0.2, 0.25) is 0 Å². The van der Waals surface area contributed by atoms with Gasteiger partial charge in [-0.3, -0.25) is 9.98 Å². The first-order chi connectivity index (χ1) is 14.7. The number of hydrogen-bond acceptors (Lipinski definition) is 10. The molecule has 0 saturated carbocycles. The zero-order valence-corrected chi connectivity index (χ0v) is 18.0. The number of pyridine rings is 1. The van der Waals surface area contributed by atoms with Crippen LogP contribution in [0.2, 0.25) is 0 Å². The lowest BCUT2D eigenvalue weighted by Gasteiger charge is -2.29. The predicted molar refractivity (Wildman–Crippen MR) is 125 cm³/mol. The van der Waals surface area contributed by atoms with Crippen LogP contribution in [0.4, 0.5) is 16.6 Å². The van der Waals surface area contributed by atoms with Crippen LogP contribution in [-0.2, 0) is 0 Å². The van der Waals surface area contributed by atoms with Crippen LogP contribution in [-0.4, -0.2) is 62.8 Å². The normalized spacial score (nSPS) is 14.9. The monoisotopic (exact) mass is 423 g/mol. The van der Waals surface area contributed by atoms with E-state index in [1.54, 1.807) is 7.05 Å². The van der Waals surface area contributed by atoms with E-state index in [0.29, 0.717) is 17.9 Å². The van der Waals surface area contributed by atoms with E-state index in [-0.39, 0.29) is 0 Å². The Labute approximate surface area is 180 Å². The number of thiazole rings is 1. The lowest BCUT2D eigenvalue weighted by molar-refractivity contribution is 0.589. The summed E-state index contributed by atoms with van der Waals surface area (Å²) >= 11 is 1.42. The van der Waals surface area contributed by atoms with E-state index in [1.165, 1.54) is 17.6 Å². The number of hydrogen-bond donors (Lipinski definition) is 3. The molecule has 0 atom stereocenters. The second-order valence-electron chi connectivity index (χ2n) is 6.50. The third kappa shape index (κ3) is 5.20. The molecule has 30 heavy (non-hydrogen) atoms. The van der Waals surface area contributed by atoms with Gasteiger partial charge in [-0.25, -0.2) is 9.97 Å². The Bertz CT molecular complexity index is 963. The van der Waals surface area contributed by atoms with Crippen LogP contribution in [0.15, 0.2) is 33.9 Å². The van der Waals surface area contributed by atoms with Crippen LogP contribution in [0.5, 0.6) is 0 Å². The average molecular weight is 424 g/mol. The summed E-state index contributed by atoms with van der Waals surface area (Å²) < 4.78 is 0. The van der Waals surface area contributed by atoms with Crippen molar-refractivity contribution in [1.82, 2.24) is 15.3 Å². The molecule has 0 unspecified atom stereocenters. The van der Waals surface area contributed by atoms with E-state index in [0.717, 1.165) is 53.4 Å². The maximum Gasteiger partial charge on any atom is 0.183 e. The van der Waals surface area contributed by atoms with Gasteiger partial charge in [0, 0.05) is 39.4 Å². The topological polar surface area (TPSA) is 114 Å². The summed E-state index contributed by atoms with van der Waals surface area (Å²) in [6, 6.07) is 6.14. The number of aromatic nitrogens is 2. The van der Waals surface area contributed by atoms with Gasteiger partial charge in [0.15, 0.2) is 5.13 Å². The Balaban J connectivity index is 1.64. The summed E-state index contributed by atoms with van der Waals surface area (Å²) in [5.74, 6) is 0.729. The van der Waals surface area contributed by atoms with Crippen LogP contribution >= 0.6 is 11.3 Å². The molecule has 0 aromatic carbocycles. The maximum absolute atomic E-state index is 9.55. The van der Waals surface area contributed by atoms with Gasteiger partial charge in [0.05, 0.1) is 28.0 Å². The Morgan fingerprint density at radius 1 is 1.43 bits per heavy atom. The summed E-state index contributed by atoms with van der Waals surface area (Å²) in [5, 5.41) is 19.8. The van der Waals surface area contributed by atoms with Gasteiger partial charge in [-0.05, 0) is 25.8 Å². The summed E-state index contributed by atoms with van der Waals surface area (Å²) in [7, 11) is 1.80. The van der Waals surface area contributed by atoms with E-state index in [2.05, 4.69) is 59.7 Å². The standard InChI is InChI=1S/C20H25N9S/c1-14-19(30-20(23-3)28-14)18(22-2)15(10-21)11-25-13-27-17-5-4-16(12-26-17)29-8-6-24-7-9-29/h4-5,11-12,24H,2,6-9,13H2,1,3H3,(H,23,28)(H,26,27)/b18-15-,25-11?. The highest BCUT2D eigenvalue weighted by molar-refractivity contribution is 7.16. The predicted octanol–water partition coefficient (Wildman–Crippen LogP) is 2.37.